The normalized spacial score (nSPS) is 14.3. The van der Waals surface area contributed by atoms with Crippen LogP contribution in [0, 0.1) is 5.92 Å². The number of carbonyl (C=O) groups is 5. The van der Waals surface area contributed by atoms with E-state index in [1.807, 2.05) is 0 Å². The Morgan fingerprint density at radius 3 is 1.89 bits per heavy atom. The Morgan fingerprint density at radius 1 is 0.886 bits per heavy atom. The van der Waals surface area contributed by atoms with Crippen LogP contribution in [0.1, 0.15) is 32.3 Å². The third kappa shape index (κ3) is 10.4. The molecule has 4 atom stereocenters. The lowest BCUT2D eigenvalue weighted by atomic mass is 10.0. The number of aliphatic hydroxyl groups is 1. The number of aliphatic carboxylic acids is 1. The molecule has 1 aromatic rings. The van der Waals surface area contributed by atoms with E-state index in [0.717, 1.165) is 0 Å². The molecule has 0 bridgehead atoms. The van der Waals surface area contributed by atoms with Gasteiger partial charge in [-0.05, 0) is 30.0 Å². The Labute approximate surface area is 202 Å². The van der Waals surface area contributed by atoms with Crippen molar-refractivity contribution in [1.29, 1.82) is 0 Å². The molecule has 0 saturated heterocycles. The molecule has 4 unspecified atom stereocenters. The van der Waals surface area contributed by atoms with Gasteiger partial charge in [-0.1, -0.05) is 26.0 Å². The number of carboxylic acids is 1. The molecule has 194 valence electrons. The second kappa shape index (κ2) is 13.9. The van der Waals surface area contributed by atoms with Crippen molar-refractivity contribution >= 4 is 29.6 Å². The Balaban J connectivity index is 3.16. The Bertz CT molecular complexity index is 906. The Kier molecular flexibility index (Phi) is 11.6. The first-order chi connectivity index (χ1) is 16.3. The summed E-state index contributed by atoms with van der Waals surface area (Å²) in [5.74, 6) is -4.91. The van der Waals surface area contributed by atoms with E-state index in [1.54, 1.807) is 13.8 Å². The van der Waals surface area contributed by atoms with E-state index < -0.39 is 66.8 Å². The van der Waals surface area contributed by atoms with Crippen molar-refractivity contribution in [2.45, 2.75) is 57.3 Å². The lowest BCUT2D eigenvalue weighted by Gasteiger charge is -2.26. The van der Waals surface area contributed by atoms with Gasteiger partial charge in [-0.2, -0.15) is 0 Å². The minimum atomic E-state index is -1.62. The Hall–Kier alpha value is -3.71. The maximum atomic E-state index is 13.0. The van der Waals surface area contributed by atoms with Gasteiger partial charge in [0.05, 0.1) is 13.0 Å². The molecule has 0 radical (unpaired) electrons. The maximum absolute atomic E-state index is 13.0. The molecule has 0 spiro atoms. The van der Waals surface area contributed by atoms with Crippen LogP contribution in [0.5, 0.6) is 5.75 Å². The van der Waals surface area contributed by atoms with E-state index >= 15 is 0 Å². The average Bonchev–Trinajstić information content (AvgIpc) is 2.77. The number of carboxylic acid groups (broad SMARTS) is 1. The molecule has 0 heterocycles. The van der Waals surface area contributed by atoms with Gasteiger partial charge < -0.3 is 42.7 Å². The number of nitrogens with one attached hydrogen (secondary N) is 3. The fourth-order valence-corrected chi connectivity index (χ4v) is 3.09. The summed E-state index contributed by atoms with van der Waals surface area (Å²) in [6.45, 7) is 2.98. The molecule has 1 rings (SSSR count). The monoisotopic (exact) mass is 495 g/mol. The predicted molar refractivity (Wildman–Crippen MR) is 124 cm³/mol. The van der Waals surface area contributed by atoms with Gasteiger partial charge in [-0.15, -0.1) is 0 Å². The van der Waals surface area contributed by atoms with Crippen molar-refractivity contribution in [3.05, 3.63) is 29.8 Å². The molecule has 0 aliphatic carbocycles. The fourth-order valence-electron chi connectivity index (χ4n) is 3.09. The topological polar surface area (TPSA) is 234 Å². The first kappa shape index (κ1) is 29.3. The van der Waals surface area contributed by atoms with Crippen LogP contribution in [0.4, 0.5) is 0 Å². The predicted octanol–water partition coefficient (Wildman–Crippen LogP) is -2.29. The minimum absolute atomic E-state index is 0.0221. The number of primary amides is 1. The SMILES string of the molecule is CC(C)CC(NC(=O)C(N)CO)C(=O)NC(Cc1ccc(O)cc1)C(=O)NC(CC(N)=O)C(=O)O. The molecule has 13 nitrogen and oxygen atoms in total. The van der Waals surface area contributed by atoms with Gasteiger partial charge in [-0.25, -0.2) is 4.79 Å². The summed E-state index contributed by atoms with van der Waals surface area (Å²) in [6, 6.07) is 0.484. The second-order valence-corrected chi connectivity index (χ2v) is 8.48. The molecule has 35 heavy (non-hydrogen) atoms. The highest BCUT2D eigenvalue weighted by Gasteiger charge is 2.31. The number of phenolic OH excluding ortho intramolecular Hbond substituents is 1. The van der Waals surface area contributed by atoms with E-state index in [9.17, 15) is 34.2 Å². The molecule has 0 aliphatic rings. The van der Waals surface area contributed by atoms with E-state index in [2.05, 4.69) is 16.0 Å². The summed E-state index contributed by atoms with van der Waals surface area (Å²) in [4.78, 5) is 60.8. The molecule has 0 saturated carbocycles. The van der Waals surface area contributed by atoms with E-state index in [-0.39, 0.29) is 24.5 Å². The zero-order valence-electron chi connectivity index (χ0n) is 19.6. The van der Waals surface area contributed by atoms with Crippen LogP contribution in [0.25, 0.3) is 0 Å². The van der Waals surface area contributed by atoms with Crippen LogP contribution in [0.2, 0.25) is 0 Å². The molecule has 0 aromatic heterocycles. The molecule has 0 aliphatic heterocycles. The van der Waals surface area contributed by atoms with E-state index in [0.29, 0.717) is 5.56 Å². The first-order valence-electron chi connectivity index (χ1n) is 10.9. The maximum Gasteiger partial charge on any atom is 0.326 e. The number of rotatable bonds is 14. The average molecular weight is 496 g/mol. The van der Waals surface area contributed by atoms with Crippen LogP contribution >= 0.6 is 0 Å². The number of phenols is 1. The summed E-state index contributed by atoms with van der Waals surface area (Å²) in [5, 5.41) is 35.0. The molecular formula is C22H33N5O8. The summed E-state index contributed by atoms with van der Waals surface area (Å²) >= 11 is 0. The van der Waals surface area contributed by atoms with Gasteiger partial charge in [-0.3, -0.25) is 19.2 Å². The molecule has 1 aromatic carbocycles. The van der Waals surface area contributed by atoms with Gasteiger partial charge in [0, 0.05) is 6.42 Å². The number of hydrogen-bond acceptors (Lipinski definition) is 8. The second-order valence-electron chi connectivity index (χ2n) is 8.48. The van der Waals surface area contributed by atoms with Crippen molar-refractivity contribution < 1.29 is 39.3 Å². The lowest BCUT2D eigenvalue weighted by Crippen LogP contribution is -2.58. The highest BCUT2D eigenvalue weighted by molar-refractivity contribution is 5.95. The van der Waals surface area contributed by atoms with Gasteiger partial charge in [0.1, 0.15) is 29.9 Å². The van der Waals surface area contributed by atoms with Crippen LogP contribution in [0.15, 0.2) is 24.3 Å². The standard InChI is InChI=1S/C22H33N5O8/c1-11(2)7-15(25-19(31)14(23)10-28)20(32)26-16(8-12-3-5-13(29)6-4-12)21(33)27-17(22(34)35)9-18(24)30/h3-6,11,14-17,28-29H,7-10,23H2,1-2H3,(H2,24,30)(H,25,31)(H,26,32)(H,27,33)(H,34,35). The smallest absolute Gasteiger partial charge is 0.326 e. The number of aliphatic hydroxyl groups excluding tert-OH is 1. The Morgan fingerprint density at radius 2 is 1.40 bits per heavy atom. The largest absolute Gasteiger partial charge is 0.508 e. The number of amides is 4. The zero-order valence-corrected chi connectivity index (χ0v) is 19.6. The number of nitrogens with two attached hydrogens (primary N) is 2. The van der Waals surface area contributed by atoms with Gasteiger partial charge in [0.15, 0.2) is 0 Å². The molecular weight excluding hydrogens is 462 g/mol. The van der Waals surface area contributed by atoms with Gasteiger partial charge in [0.25, 0.3) is 0 Å². The van der Waals surface area contributed by atoms with Crippen LogP contribution in [-0.2, 0) is 30.4 Å². The lowest BCUT2D eigenvalue weighted by molar-refractivity contribution is -0.143. The summed E-state index contributed by atoms with van der Waals surface area (Å²) < 4.78 is 0. The van der Waals surface area contributed by atoms with Gasteiger partial charge >= 0.3 is 5.97 Å². The minimum Gasteiger partial charge on any atom is -0.508 e. The van der Waals surface area contributed by atoms with E-state index in [1.165, 1.54) is 24.3 Å². The summed E-state index contributed by atoms with van der Waals surface area (Å²) in [7, 11) is 0. The fraction of sp³-hybridized carbons (Fsp3) is 0.500. The number of carbonyl (C=O) groups excluding carboxylic acids is 4. The highest BCUT2D eigenvalue weighted by Crippen LogP contribution is 2.13. The summed E-state index contributed by atoms with van der Waals surface area (Å²) in [5.41, 5.74) is 11.1. The molecule has 13 heteroatoms. The highest BCUT2D eigenvalue weighted by atomic mass is 16.4. The zero-order chi connectivity index (χ0) is 26.7. The van der Waals surface area contributed by atoms with Crippen LogP contribution < -0.4 is 27.4 Å². The summed E-state index contributed by atoms with van der Waals surface area (Å²) in [6.07, 6.45) is -0.575. The molecule has 10 N–H and O–H groups in total. The van der Waals surface area contributed by atoms with Crippen molar-refractivity contribution in [3.63, 3.8) is 0 Å². The van der Waals surface area contributed by atoms with Gasteiger partial charge in [0.2, 0.25) is 23.6 Å². The number of aromatic hydroxyl groups is 1. The van der Waals surface area contributed by atoms with Crippen molar-refractivity contribution in [2.75, 3.05) is 6.61 Å². The quantitative estimate of drug-likeness (QED) is 0.138. The van der Waals surface area contributed by atoms with Crippen LogP contribution in [0.3, 0.4) is 0 Å². The third-order valence-electron chi connectivity index (χ3n) is 4.90. The van der Waals surface area contributed by atoms with Crippen molar-refractivity contribution in [2.24, 2.45) is 17.4 Å². The number of hydrogen-bond donors (Lipinski definition) is 8. The van der Waals surface area contributed by atoms with E-state index in [4.69, 9.17) is 16.6 Å². The van der Waals surface area contributed by atoms with Crippen LogP contribution in [-0.4, -0.2) is 75.7 Å². The molecule has 0 fully saturated rings. The molecule has 4 amide bonds. The van der Waals surface area contributed by atoms with Crippen molar-refractivity contribution in [1.82, 2.24) is 16.0 Å². The first-order valence-corrected chi connectivity index (χ1v) is 10.9. The van der Waals surface area contributed by atoms with Crippen molar-refractivity contribution in [3.8, 4) is 5.75 Å². The third-order valence-corrected chi connectivity index (χ3v) is 4.90. The number of benzene rings is 1.